The molecule has 0 saturated heterocycles. The van der Waals surface area contributed by atoms with Crippen LogP contribution in [0.1, 0.15) is 11.1 Å². The van der Waals surface area contributed by atoms with Crippen LogP contribution in [0.15, 0.2) is 60.2 Å². The highest BCUT2D eigenvalue weighted by molar-refractivity contribution is 7.14. The molecule has 0 aliphatic heterocycles. The first-order chi connectivity index (χ1) is 10.8. The number of anilines is 1. The van der Waals surface area contributed by atoms with Crippen molar-refractivity contribution in [3.63, 3.8) is 0 Å². The molecule has 0 fully saturated rings. The number of hydrogen-bond donors (Lipinski definition) is 2. The van der Waals surface area contributed by atoms with Crippen molar-refractivity contribution in [1.29, 1.82) is 0 Å². The second kappa shape index (κ2) is 6.91. The fraction of sp³-hybridized carbons (Fsp3) is 0.125. The fourth-order valence-electron chi connectivity index (χ4n) is 2.13. The van der Waals surface area contributed by atoms with Gasteiger partial charge in [-0.2, -0.15) is 5.10 Å². The van der Waals surface area contributed by atoms with Gasteiger partial charge in [-0.3, -0.25) is 10.00 Å². The Kier molecular flexibility index (Phi) is 4.50. The summed E-state index contributed by atoms with van der Waals surface area (Å²) in [7, 11) is 0. The van der Waals surface area contributed by atoms with Crippen LogP contribution >= 0.6 is 11.3 Å². The first-order valence-electron chi connectivity index (χ1n) is 6.94. The average molecular weight is 312 g/mol. The van der Waals surface area contributed by atoms with E-state index in [0.717, 1.165) is 16.1 Å². The van der Waals surface area contributed by atoms with E-state index in [1.165, 1.54) is 11.3 Å². The van der Waals surface area contributed by atoms with Crippen molar-refractivity contribution in [2.75, 3.05) is 5.32 Å². The van der Waals surface area contributed by atoms with Crippen LogP contribution in [0.25, 0.3) is 0 Å². The van der Waals surface area contributed by atoms with Gasteiger partial charge < -0.3 is 5.32 Å². The molecule has 2 N–H and O–H groups in total. The molecule has 2 heterocycles. The molecule has 0 bridgehead atoms. The summed E-state index contributed by atoms with van der Waals surface area (Å²) < 4.78 is 1.87. The van der Waals surface area contributed by atoms with E-state index in [1.54, 1.807) is 6.20 Å². The molecule has 0 spiro atoms. The second-order valence-corrected chi connectivity index (χ2v) is 5.71. The molecule has 2 amide bonds. The lowest BCUT2D eigenvalue weighted by atomic mass is 10.1. The Morgan fingerprint density at radius 3 is 2.73 bits per heavy atom. The average Bonchev–Trinajstić information content (AvgIpc) is 3.20. The van der Waals surface area contributed by atoms with Gasteiger partial charge in [0.1, 0.15) is 0 Å². The number of carbonyl (C=O) groups is 1. The first-order valence-corrected chi connectivity index (χ1v) is 7.82. The van der Waals surface area contributed by atoms with Gasteiger partial charge in [0, 0.05) is 18.9 Å². The predicted octanol–water partition coefficient (Wildman–Crippen LogP) is 3.31. The quantitative estimate of drug-likeness (QED) is 0.759. The van der Waals surface area contributed by atoms with Crippen LogP contribution in [0.5, 0.6) is 0 Å². The molecule has 0 unspecified atom stereocenters. The SMILES string of the molecule is O=C(NCc1ccccc1Cn1cccn1)Nc1cccs1. The summed E-state index contributed by atoms with van der Waals surface area (Å²) in [6.07, 6.45) is 3.68. The van der Waals surface area contributed by atoms with E-state index in [-0.39, 0.29) is 6.03 Å². The van der Waals surface area contributed by atoms with Crippen molar-refractivity contribution < 1.29 is 4.79 Å². The minimum Gasteiger partial charge on any atom is -0.334 e. The third kappa shape index (κ3) is 3.73. The Morgan fingerprint density at radius 2 is 2.00 bits per heavy atom. The number of nitrogens with one attached hydrogen (secondary N) is 2. The molecular formula is C16H16N4OS. The van der Waals surface area contributed by atoms with Crippen LogP contribution < -0.4 is 10.6 Å². The van der Waals surface area contributed by atoms with Gasteiger partial charge in [0.25, 0.3) is 0 Å². The zero-order valence-corrected chi connectivity index (χ0v) is 12.7. The molecule has 3 rings (SSSR count). The Bertz CT molecular complexity index is 722. The van der Waals surface area contributed by atoms with Crippen LogP contribution in [0, 0.1) is 0 Å². The van der Waals surface area contributed by atoms with E-state index in [1.807, 2.05) is 52.7 Å². The van der Waals surface area contributed by atoms with Gasteiger partial charge in [0.05, 0.1) is 11.5 Å². The summed E-state index contributed by atoms with van der Waals surface area (Å²) in [5, 5.41) is 12.7. The van der Waals surface area contributed by atoms with Gasteiger partial charge in [-0.1, -0.05) is 24.3 Å². The smallest absolute Gasteiger partial charge is 0.320 e. The number of benzene rings is 1. The van der Waals surface area contributed by atoms with Gasteiger partial charge in [0.2, 0.25) is 0 Å². The molecule has 112 valence electrons. The van der Waals surface area contributed by atoms with Gasteiger partial charge in [0.15, 0.2) is 0 Å². The molecule has 1 aromatic carbocycles. The molecule has 0 radical (unpaired) electrons. The summed E-state index contributed by atoms with van der Waals surface area (Å²) in [4.78, 5) is 11.9. The third-order valence-corrected chi connectivity index (χ3v) is 3.99. The van der Waals surface area contributed by atoms with Crippen molar-refractivity contribution in [3.05, 3.63) is 71.4 Å². The number of urea groups is 1. The number of rotatable bonds is 5. The van der Waals surface area contributed by atoms with Crippen LogP contribution in [0.4, 0.5) is 9.80 Å². The lowest BCUT2D eigenvalue weighted by Gasteiger charge is -2.11. The highest BCUT2D eigenvalue weighted by Gasteiger charge is 2.06. The third-order valence-electron chi connectivity index (χ3n) is 3.21. The molecule has 22 heavy (non-hydrogen) atoms. The van der Waals surface area contributed by atoms with Gasteiger partial charge in [-0.15, -0.1) is 11.3 Å². The van der Waals surface area contributed by atoms with Crippen molar-refractivity contribution >= 4 is 22.4 Å². The predicted molar refractivity (Wildman–Crippen MR) is 87.9 cm³/mol. The molecule has 6 heteroatoms. The Balaban J connectivity index is 1.61. The van der Waals surface area contributed by atoms with Gasteiger partial charge in [-0.05, 0) is 34.7 Å². The molecule has 0 saturated carbocycles. The van der Waals surface area contributed by atoms with Crippen molar-refractivity contribution in [1.82, 2.24) is 15.1 Å². The standard InChI is InChI=1S/C16H16N4OS/c21-16(19-15-7-3-10-22-15)17-11-13-5-1-2-6-14(13)12-20-9-4-8-18-20/h1-10H,11-12H2,(H2,17,19,21). The van der Waals surface area contributed by atoms with E-state index in [2.05, 4.69) is 21.8 Å². The van der Waals surface area contributed by atoms with Crippen LogP contribution in [-0.2, 0) is 13.1 Å². The number of thiophene rings is 1. The minimum atomic E-state index is -0.198. The molecule has 0 atom stereocenters. The van der Waals surface area contributed by atoms with E-state index in [9.17, 15) is 4.79 Å². The number of amides is 2. The number of hydrogen-bond acceptors (Lipinski definition) is 3. The molecule has 0 aliphatic carbocycles. The van der Waals surface area contributed by atoms with E-state index < -0.39 is 0 Å². The summed E-state index contributed by atoms with van der Waals surface area (Å²) in [5.41, 5.74) is 2.22. The summed E-state index contributed by atoms with van der Waals surface area (Å²) in [5.74, 6) is 0. The highest BCUT2D eigenvalue weighted by Crippen LogP contribution is 2.15. The maximum Gasteiger partial charge on any atom is 0.320 e. The zero-order chi connectivity index (χ0) is 15.2. The van der Waals surface area contributed by atoms with Crippen LogP contribution in [0.3, 0.4) is 0 Å². The summed E-state index contributed by atoms with van der Waals surface area (Å²) >= 11 is 1.50. The van der Waals surface area contributed by atoms with Crippen molar-refractivity contribution in [2.45, 2.75) is 13.1 Å². The number of nitrogens with zero attached hydrogens (tertiary/aromatic N) is 2. The van der Waals surface area contributed by atoms with E-state index in [4.69, 9.17) is 0 Å². The first kappa shape index (κ1) is 14.3. The van der Waals surface area contributed by atoms with Gasteiger partial charge in [-0.25, -0.2) is 4.79 Å². The monoisotopic (exact) mass is 312 g/mol. The molecule has 2 aromatic heterocycles. The van der Waals surface area contributed by atoms with E-state index in [0.29, 0.717) is 13.1 Å². The summed E-state index contributed by atoms with van der Waals surface area (Å²) in [6.45, 7) is 1.17. The fourth-order valence-corrected chi connectivity index (χ4v) is 2.75. The minimum absolute atomic E-state index is 0.198. The maximum absolute atomic E-state index is 11.9. The highest BCUT2D eigenvalue weighted by atomic mass is 32.1. The lowest BCUT2D eigenvalue weighted by Crippen LogP contribution is -2.28. The van der Waals surface area contributed by atoms with Crippen LogP contribution in [-0.4, -0.2) is 15.8 Å². The Hall–Kier alpha value is -2.60. The van der Waals surface area contributed by atoms with Crippen LogP contribution in [0.2, 0.25) is 0 Å². The Labute approximate surface area is 132 Å². The molecular weight excluding hydrogens is 296 g/mol. The lowest BCUT2D eigenvalue weighted by molar-refractivity contribution is 0.252. The normalized spacial score (nSPS) is 10.4. The largest absolute Gasteiger partial charge is 0.334 e. The molecule has 0 aliphatic rings. The summed E-state index contributed by atoms with van der Waals surface area (Å²) in [6, 6.07) is 13.5. The number of carbonyl (C=O) groups excluding carboxylic acids is 1. The topological polar surface area (TPSA) is 59.0 Å². The zero-order valence-electron chi connectivity index (χ0n) is 11.9. The molecule has 5 nitrogen and oxygen atoms in total. The molecule has 3 aromatic rings. The maximum atomic E-state index is 11.9. The van der Waals surface area contributed by atoms with Crippen molar-refractivity contribution in [2.24, 2.45) is 0 Å². The number of aromatic nitrogens is 2. The Morgan fingerprint density at radius 1 is 1.14 bits per heavy atom. The van der Waals surface area contributed by atoms with Crippen molar-refractivity contribution in [3.8, 4) is 0 Å². The van der Waals surface area contributed by atoms with Gasteiger partial charge >= 0.3 is 6.03 Å². The second-order valence-electron chi connectivity index (χ2n) is 4.76. The van der Waals surface area contributed by atoms with E-state index >= 15 is 0 Å².